The maximum atomic E-state index is 13.5. The van der Waals surface area contributed by atoms with Gasteiger partial charge in [0.2, 0.25) is 0 Å². The Morgan fingerprint density at radius 3 is 2.46 bits per heavy atom. The molecule has 39 heavy (non-hydrogen) atoms. The number of nitrogens with zero attached hydrogens (tertiary/aromatic N) is 2. The van der Waals surface area contributed by atoms with Crippen LogP contribution in [0.4, 0.5) is 18.9 Å². The molecule has 2 aromatic rings. The largest absolute Gasteiger partial charge is 0.417 e. The summed E-state index contributed by atoms with van der Waals surface area (Å²) in [4.78, 5) is 15.7. The summed E-state index contributed by atoms with van der Waals surface area (Å²) < 4.78 is 40.4. The predicted molar refractivity (Wildman–Crippen MR) is 146 cm³/mol. The van der Waals surface area contributed by atoms with E-state index in [9.17, 15) is 23.1 Å². The summed E-state index contributed by atoms with van der Waals surface area (Å²) in [6.45, 7) is 2.59. The number of rotatable bonds is 12. The van der Waals surface area contributed by atoms with Crippen LogP contribution in [0.25, 0.3) is 0 Å². The predicted octanol–water partition coefficient (Wildman–Crippen LogP) is 5.50. The monoisotopic (exact) mass is 544 g/mol. The summed E-state index contributed by atoms with van der Waals surface area (Å²) in [6, 6.07) is 12.3. The van der Waals surface area contributed by atoms with Gasteiger partial charge in [0, 0.05) is 18.7 Å². The van der Waals surface area contributed by atoms with Crippen molar-refractivity contribution >= 4 is 11.6 Å². The Kier molecular flexibility index (Phi) is 10.9. The molecule has 1 fully saturated rings. The zero-order valence-electron chi connectivity index (χ0n) is 22.8. The van der Waals surface area contributed by atoms with E-state index in [-0.39, 0.29) is 18.0 Å². The number of hydrogen-bond donors (Lipinski definition) is 3. The number of anilines is 1. The quantitative estimate of drug-likeness (QED) is 0.307. The number of nitrogens with one attached hydrogen (secondary N) is 2. The van der Waals surface area contributed by atoms with Crippen LogP contribution >= 0.6 is 0 Å². The number of hydrogen-bond acceptors (Lipinski definition) is 5. The van der Waals surface area contributed by atoms with Crippen LogP contribution < -0.4 is 10.6 Å². The molecule has 6 nitrogen and oxygen atoms in total. The first-order valence-corrected chi connectivity index (χ1v) is 13.6. The minimum atomic E-state index is -4.74. The van der Waals surface area contributed by atoms with Crippen LogP contribution in [0.3, 0.4) is 0 Å². The third-order valence-electron chi connectivity index (χ3n) is 7.38. The van der Waals surface area contributed by atoms with Crippen LogP contribution in [0.2, 0.25) is 0 Å². The lowest BCUT2D eigenvalue weighted by Crippen LogP contribution is -2.51. The van der Waals surface area contributed by atoms with Crippen molar-refractivity contribution in [2.24, 2.45) is 5.92 Å². The summed E-state index contributed by atoms with van der Waals surface area (Å²) in [5, 5.41) is 26.9. The minimum absolute atomic E-state index is 0.0581. The van der Waals surface area contributed by atoms with E-state index in [0.717, 1.165) is 68.5 Å². The molecular formula is C30H39F3N4O2. The molecule has 212 valence electrons. The number of carbonyl (C=O) groups is 1. The molecule has 1 amide bonds. The molecule has 1 unspecified atom stereocenters. The highest BCUT2D eigenvalue weighted by atomic mass is 19.4. The van der Waals surface area contributed by atoms with E-state index in [1.165, 1.54) is 6.07 Å². The van der Waals surface area contributed by atoms with Gasteiger partial charge in [-0.15, -0.1) is 0 Å². The molecule has 9 heteroatoms. The molecule has 1 aliphatic rings. The molecule has 3 N–H and O–H groups in total. The second kappa shape index (κ2) is 13.9. The van der Waals surface area contributed by atoms with Crippen molar-refractivity contribution in [1.82, 2.24) is 10.2 Å². The number of benzene rings is 2. The smallest absolute Gasteiger partial charge is 0.379 e. The Bertz CT molecular complexity index is 1140. The fraction of sp³-hybridized carbons (Fsp3) is 0.533. The van der Waals surface area contributed by atoms with Gasteiger partial charge in [-0.25, -0.2) is 0 Å². The van der Waals surface area contributed by atoms with Gasteiger partial charge in [0.05, 0.1) is 17.2 Å². The van der Waals surface area contributed by atoms with Gasteiger partial charge in [0.15, 0.2) is 0 Å². The molecule has 0 heterocycles. The van der Waals surface area contributed by atoms with Crippen LogP contribution in [-0.2, 0) is 23.9 Å². The molecule has 1 aliphatic carbocycles. The molecular weight excluding hydrogens is 505 g/mol. The summed E-state index contributed by atoms with van der Waals surface area (Å²) in [5.41, 5.74) is -1.70. The van der Waals surface area contributed by atoms with Gasteiger partial charge < -0.3 is 20.6 Å². The molecule has 0 aliphatic heterocycles. The maximum Gasteiger partial charge on any atom is 0.417 e. The zero-order chi connectivity index (χ0) is 28.5. The summed E-state index contributed by atoms with van der Waals surface area (Å²) >= 11 is 0. The van der Waals surface area contributed by atoms with Crippen LogP contribution in [0, 0.1) is 17.2 Å². The van der Waals surface area contributed by atoms with Gasteiger partial charge in [-0.1, -0.05) is 43.5 Å². The first-order valence-electron chi connectivity index (χ1n) is 13.6. The topological polar surface area (TPSA) is 88.4 Å². The van der Waals surface area contributed by atoms with Crippen molar-refractivity contribution in [2.45, 2.75) is 69.7 Å². The fourth-order valence-electron chi connectivity index (χ4n) is 5.26. The van der Waals surface area contributed by atoms with Gasteiger partial charge in [-0.2, -0.15) is 18.4 Å². The van der Waals surface area contributed by atoms with E-state index < -0.39 is 28.8 Å². The van der Waals surface area contributed by atoms with E-state index in [4.69, 9.17) is 5.26 Å². The Labute approximate surface area is 229 Å². The highest BCUT2D eigenvalue weighted by molar-refractivity contribution is 5.97. The van der Waals surface area contributed by atoms with E-state index in [0.29, 0.717) is 19.4 Å². The Balaban J connectivity index is 1.76. The van der Waals surface area contributed by atoms with Crippen LogP contribution in [0.5, 0.6) is 0 Å². The fourth-order valence-corrected chi connectivity index (χ4v) is 5.26. The lowest BCUT2D eigenvalue weighted by molar-refractivity contribution is -0.142. The molecule has 2 aromatic carbocycles. The number of alkyl halides is 3. The van der Waals surface area contributed by atoms with Crippen LogP contribution in [0.15, 0.2) is 42.5 Å². The van der Waals surface area contributed by atoms with Crippen molar-refractivity contribution < 1.29 is 23.1 Å². The molecule has 3 rings (SSSR count). The zero-order valence-corrected chi connectivity index (χ0v) is 22.8. The summed E-state index contributed by atoms with van der Waals surface area (Å²) in [7, 11) is 4.11. The van der Waals surface area contributed by atoms with Crippen molar-refractivity contribution in [3.8, 4) is 6.07 Å². The number of nitriles is 1. The summed E-state index contributed by atoms with van der Waals surface area (Å²) in [6.07, 6.45) is 1.60. The summed E-state index contributed by atoms with van der Waals surface area (Å²) in [5.74, 6) is -1.04. The normalized spacial score (nSPS) is 16.1. The Hall–Kier alpha value is -2.93. The first-order chi connectivity index (χ1) is 18.5. The average Bonchev–Trinajstić information content (AvgIpc) is 2.90. The molecule has 0 aromatic heterocycles. The number of amides is 1. The highest BCUT2D eigenvalue weighted by Crippen LogP contribution is 2.37. The molecule has 0 saturated heterocycles. The van der Waals surface area contributed by atoms with Crippen molar-refractivity contribution in [1.29, 1.82) is 5.26 Å². The highest BCUT2D eigenvalue weighted by Gasteiger charge is 2.44. The first kappa shape index (κ1) is 30.6. The van der Waals surface area contributed by atoms with E-state index in [2.05, 4.69) is 29.6 Å². The van der Waals surface area contributed by atoms with E-state index in [1.807, 2.05) is 24.3 Å². The lowest BCUT2D eigenvalue weighted by atomic mass is 9.73. The molecule has 0 bridgehead atoms. The molecule has 0 spiro atoms. The number of halogens is 3. The number of aliphatic hydroxyl groups is 1. The van der Waals surface area contributed by atoms with E-state index in [1.54, 1.807) is 6.07 Å². The van der Waals surface area contributed by atoms with Crippen molar-refractivity contribution in [3.05, 3.63) is 64.7 Å². The van der Waals surface area contributed by atoms with Gasteiger partial charge in [-0.3, -0.25) is 4.79 Å². The maximum absolute atomic E-state index is 13.5. The molecule has 1 saturated carbocycles. The molecule has 0 radical (unpaired) electrons. The Morgan fingerprint density at radius 2 is 1.79 bits per heavy atom. The van der Waals surface area contributed by atoms with Crippen molar-refractivity contribution in [2.75, 3.05) is 32.5 Å². The van der Waals surface area contributed by atoms with Gasteiger partial charge in [0.25, 0.3) is 5.91 Å². The SMILES string of the molecule is CN(C)CCCCNCc1cccc(CC(O)(C(=O)Nc2ccc(C#N)c(C(F)(F)F)c2)C2CCCCC2)c1. The lowest BCUT2D eigenvalue weighted by Gasteiger charge is -2.37. The Morgan fingerprint density at radius 1 is 1.08 bits per heavy atom. The molecule has 1 atom stereocenters. The average molecular weight is 545 g/mol. The van der Waals surface area contributed by atoms with Gasteiger partial charge in [0.1, 0.15) is 5.60 Å². The van der Waals surface area contributed by atoms with E-state index >= 15 is 0 Å². The number of unbranched alkanes of at least 4 members (excludes halogenated alkanes) is 1. The van der Waals surface area contributed by atoms with Crippen molar-refractivity contribution in [3.63, 3.8) is 0 Å². The number of carbonyl (C=O) groups excluding carboxylic acids is 1. The second-order valence-corrected chi connectivity index (χ2v) is 10.8. The van der Waals surface area contributed by atoms with Gasteiger partial charge >= 0.3 is 6.18 Å². The third-order valence-corrected chi connectivity index (χ3v) is 7.38. The minimum Gasteiger partial charge on any atom is -0.379 e. The van der Waals surface area contributed by atoms with Gasteiger partial charge in [-0.05, 0) is 88.1 Å². The second-order valence-electron chi connectivity index (χ2n) is 10.8. The van der Waals surface area contributed by atoms with Crippen LogP contribution in [0.1, 0.15) is 67.2 Å². The third kappa shape index (κ3) is 8.79. The van der Waals surface area contributed by atoms with Crippen LogP contribution in [-0.4, -0.2) is 48.7 Å². The standard InChI is InChI=1S/C30H39F3N4O2/c1-37(2)16-7-6-15-35-21-23-10-8-9-22(17-23)19-29(39,25-11-4-3-5-12-25)28(38)36-26-14-13-24(20-34)27(18-26)30(31,32)33/h8-10,13-14,17-18,25,35,39H,3-7,11-12,15-16,19,21H2,1-2H3,(H,36,38).